The van der Waals surface area contributed by atoms with Crippen molar-refractivity contribution in [1.82, 2.24) is 9.55 Å². The zero-order valence-electron chi connectivity index (χ0n) is 9.55. The summed E-state index contributed by atoms with van der Waals surface area (Å²) in [6, 6.07) is 2.50. The lowest BCUT2D eigenvalue weighted by atomic mass is 10.1. The maximum absolute atomic E-state index is 11.7. The zero-order valence-corrected chi connectivity index (χ0v) is 9.55. The number of nitriles is 1. The van der Waals surface area contributed by atoms with Gasteiger partial charge in [0.1, 0.15) is 30.1 Å². The van der Waals surface area contributed by atoms with E-state index >= 15 is 0 Å². The third kappa shape index (κ3) is 2.18. The van der Waals surface area contributed by atoms with Gasteiger partial charge in [-0.25, -0.2) is 4.79 Å². The van der Waals surface area contributed by atoms with Crippen LogP contribution in [-0.2, 0) is 4.74 Å². The second-order valence-corrected chi connectivity index (χ2v) is 4.03. The molecule has 4 atom stereocenters. The number of hydrogen-bond donors (Lipinski definition) is 4. The van der Waals surface area contributed by atoms with Crippen molar-refractivity contribution in [2.45, 2.75) is 24.5 Å². The number of ether oxygens (including phenoxy) is 1. The van der Waals surface area contributed by atoms with Gasteiger partial charge in [0, 0.05) is 6.07 Å². The zero-order chi connectivity index (χ0) is 14.2. The van der Waals surface area contributed by atoms with E-state index in [-0.39, 0.29) is 5.69 Å². The van der Waals surface area contributed by atoms with Gasteiger partial charge in [-0.15, -0.1) is 0 Å². The van der Waals surface area contributed by atoms with Gasteiger partial charge in [0.2, 0.25) is 0 Å². The molecule has 0 bridgehead atoms. The predicted octanol–water partition coefficient (Wildman–Crippen LogP) is -2.98. The normalized spacial score (nSPS) is 30.2. The highest BCUT2D eigenvalue weighted by Crippen LogP contribution is 2.28. The number of nitrogens with one attached hydrogen (secondary N) is 1. The van der Waals surface area contributed by atoms with Gasteiger partial charge >= 0.3 is 5.69 Å². The van der Waals surface area contributed by atoms with Crippen LogP contribution in [0.5, 0.6) is 0 Å². The molecule has 0 aliphatic carbocycles. The summed E-state index contributed by atoms with van der Waals surface area (Å²) in [5.41, 5.74) is -2.02. The van der Waals surface area contributed by atoms with Gasteiger partial charge in [-0.05, 0) is 0 Å². The Kier molecular flexibility index (Phi) is 3.50. The predicted molar refractivity (Wildman–Crippen MR) is 59.0 cm³/mol. The Bertz CT molecular complexity index is 629. The molecule has 1 aromatic heterocycles. The SMILES string of the molecule is N#Cc1cc(=O)[nH]c(=O)n1[C@H]1O[C@H](CO)C(O)[C@@H]1O. The van der Waals surface area contributed by atoms with Gasteiger partial charge in [0.15, 0.2) is 6.23 Å². The van der Waals surface area contributed by atoms with E-state index in [1.807, 2.05) is 4.98 Å². The lowest BCUT2D eigenvalue weighted by Gasteiger charge is -2.18. The van der Waals surface area contributed by atoms with E-state index < -0.39 is 42.4 Å². The molecule has 1 saturated heterocycles. The molecule has 2 heterocycles. The van der Waals surface area contributed by atoms with E-state index in [1.165, 1.54) is 0 Å². The first kappa shape index (κ1) is 13.4. The van der Waals surface area contributed by atoms with Crippen molar-refractivity contribution in [1.29, 1.82) is 5.26 Å². The minimum absolute atomic E-state index is 0.316. The number of rotatable bonds is 2. The summed E-state index contributed by atoms with van der Waals surface area (Å²) in [6.07, 6.45) is -5.34. The topological polar surface area (TPSA) is 149 Å². The Morgan fingerprint density at radius 2 is 2.11 bits per heavy atom. The number of aliphatic hydroxyl groups excluding tert-OH is 3. The van der Waals surface area contributed by atoms with Crippen molar-refractivity contribution in [2.24, 2.45) is 0 Å². The van der Waals surface area contributed by atoms with Crippen LogP contribution in [0.25, 0.3) is 0 Å². The van der Waals surface area contributed by atoms with Crippen LogP contribution >= 0.6 is 0 Å². The van der Waals surface area contributed by atoms with E-state index in [9.17, 15) is 19.8 Å². The standard InChI is InChI=1S/C10H11N3O6/c11-2-4-1-6(15)12-10(18)13(4)9-8(17)7(16)5(3-14)19-9/h1,5,7-9,14,16-17H,3H2,(H,12,15,18)/t5-,7?,8+,9+/m1/s1. The largest absolute Gasteiger partial charge is 0.394 e. The number of aromatic nitrogens is 2. The number of nitrogens with zero attached hydrogens (tertiary/aromatic N) is 2. The summed E-state index contributed by atoms with van der Waals surface area (Å²) < 4.78 is 5.85. The Morgan fingerprint density at radius 1 is 1.42 bits per heavy atom. The molecule has 19 heavy (non-hydrogen) atoms. The molecule has 0 saturated carbocycles. The third-order valence-corrected chi connectivity index (χ3v) is 2.86. The fraction of sp³-hybridized carbons (Fsp3) is 0.500. The average Bonchev–Trinajstić information content (AvgIpc) is 2.65. The molecule has 2 rings (SSSR count). The lowest BCUT2D eigenvalue weighted by Crippen LogP contribution is -2.39. The highest BCUT2D eigenvalue weighted by molar-refractivity contribution is 5.19. The second-order valence-electron chi connectivity index (χ2n) is 4.03. The van der Waals surface area contributed by atoms with Crippen LogP contribution in [0.3, 0.4) is 0 Å². The molecule has 102 valence electrons. The molecule has 1 aromatic rings. The molecule has 0 aromatic carbocycles. The molecule has 1 aliphatic heterocycles. The second kappa shape index (κ2) is 4.94. The average molecular weight is 269 g/mol. The van der Waals surface area contributed by atoms with Gasteiger partial charge < -0.3 is 20.1 Å². The molecule has 0 amide bonds. The number of aliphatic hydroxyl groups is 3. The lowest BCUT2D eigenvalue weighted by molar-refractivity contribution is -0.0554. The fourth-order valence-corrected chi connectivity index (χ4v) is 1.94. The molecule has 9 heteroatoms. The molecule has 1 aliphatic rings. The van der Waals surface area contributed by atoms with Gasteiger partial charge in [-0.3, -0.25) is 14.3 Å². The Labute approximate surface area is 105 Å². The van der Waals surface area contributed by atoms with Gasteiger partial charge in [-0.2, -0.15) is 5.26 Å². The van der Waals surface area contributed by atoms with E-state index in [0.29, 0.717) is 0 Å². The van der Waals surface area contributed by atoms with Gasteiger partial charge in [0.25, 0.3) is 5.56 Å². The maximum Gasteiger partial charge on any atom is 0.331 e. The Morgan fingerprint density at radius 3 is 2.63 bits per heavy atom. The van der Waals surface area contributed by atoms with Crippen LogP contribution in [0.2, 0.25) is 0 Å². The summed E-state index contributed by atoms with van der Waals surface area (Å²) >= 11 is 0. The number of H-pyrrole nitrogens is 1. The highest BCUT2D eigenvalue weighted by Gasteiger charge is 2.44. The van der Waals surface area contributed by atoms with E-state index in [2.05, 4.69) is 0 Å². The summed E-state index contributed by atoms with van der Waals surface area (Å²) in [4.78, 5) is 24.7. The van der Waals surface area contributed by atoms with Gasteiger partial charge in [0.05, 0.1) is 6.61 Å². The number of hydrogen-bond acceptors (Lipinski definition) is 7. The minimum atomic E-state index is -1.51. The van der Waals surface area contributed by atoms with Crippen molar-refractivity contribution in [2.75, 3.05) is 6.61 Å². The molecule has 9 nitrogen and oxygen atoms in total. The number of aromatic amines is 1. The fourth-order valence-electron chi connectivity index (χ4n) is 1.94. The smallest absolute Gasteiger partial charge is 0.331 e. The Hall–Kier alpha value is -1.99. The molecular formula is C10H11N3O6. The minimum Gasteiger partial charge on any atom is -0.394 e. The van der Waals surface area contributed by atoms with Crippen LogP contribution in [-0.4, -0.2) is 49.8 Å². The van der Waals surface area contributed by atoms with E-state index in [0.717, 1.165) is 10.6 Å². The van der Waals surface area contributed by atoms with Crippen LogP contribution in [0.1, 0.15) is 11.9 Å². The maximum atomic E-state index is 11.7. The van der Waals surface area contributed by atoms with Crippen molar-refractivity contribution in [3.05, 3.63) is 32.6 Å². The molecular weight excluding hydrogens is 258 g/mol. The van der Waals surface area contributed by atoms with Crippen LogP contribution in [0, 0.1) is 11.3 Å². The first-order valence-corrected chi connectivity index (χ1v) is 5.38. The quantitative estimate of drug-likeness (QED) is 0.447. The summed E-state index contributed by atoms with van der Waals surface area (Å²) in [7, 11) is 0. The third-order valence-electron chi connectivity index (χ3n) is 2.86. The summed E-state index contributed by atoms with van der Waals surface area (Å²) in [5.74, 6) is 0. The summed E-state index contributed by atoms with van der Waals surface area (Å²) in [5, 5.41) is 37.2. The summed E-state index contributed by atoms with van der Waals surface area (Å²) in [6.45, 7) is -0.561. The molecule has 4 N–H and O–H groups in total. The van der Waals surface area contributed by atoms with Crippen LogP contribution in [0.4, 0.5) is 0 Å². The first-order chi connectivity index (χ1) is 8.99. The van der Waals surface area contributed by atoms with Crippen LogP contribution in [0.15, 0.2) is 15.7 Å². The van der Waals surface area contributed by atoms with E-state index in [1.54, 1.807) is 6.07 Å². The molecule has 1 fully saturated rings. The van der Waals surface area contributed by atoms with Crippen LogP contribution < -0.4 is 11.2 Å². The van der Waals surface area contributed by atoms with Crippen molar-refractivity contribution in [3.8, 4) is 6.07 Å². The molecule has 1 unspecified atom stereocenters. The highest BCUT2D eigenvalue weighted by atomic mass is 16.6. The first-order valence-electron chi connectivity index (χ1n) is 5.38. The Balaban J connectivity index is 2.52. The van der Waals surface area contributed by atoms with Crippen molar-refractivity contribution >= 4 is 0 Å². The van der Waals surface area contributed by atoms with Crippen molar-refractivity contribution in [3.63, 3.8) is 0 Å². The van der Waals surface area contributed by atoms with Crippen molar-refractivity contribution < 1.29 is 20.1 Å². The molecule has 0 radical (unpaired) electrons. The van der Waals surface area contributed by atoms with Gasteiger partial charge in [-0.1, -0.05) is 0 Å². The molecule has 0 spiro atoms. The monoisotopic (exact) mass is 269 g/mol. The van der Waals surface area contributed by atoms with E-state index in [4.69, 9.17) is 15.1 Å².